The van der Waals surface area contributed by atoms with Crippen LogP contribution in [0.15, 0.2) is 18.2 Å². The van der Waals surface area contributed by atoms with Crippen molar-refractivity contribution in [3.05, 3.63) is 29.3 Å². The summed E-state index contributed by atoms with van der Waals surface area (Å²) in [6.07, 6.45) is 2.57. The van der Waals surface area contributed by atoms with Crippen molar-refractivity contribution in [2.24, 2.45) is 11.7 Å². The number of aryl methyl sites for hydroxylation is 2. The highest BCUT2D eigenvalue weighted by Gasteiger charge is 2.27. The lowest BCUT2D eigenvalue weighted by Crippen LogP contribution is -2.51. The Labute approximate surface area is 146 Å². The molecule has 0 fully saturated rings. The van der Waals surface area contributed by atoms with Crippen LogP contribution < -0.4 is 10.6 Å². The van der Waals surface area contributed by atoms with E-state index in [0.29, 0.717) is 13.1 Å². The fourth-order valence-electron chi connectivity index (χ4n) is 2.88. The van der Waals surface area contributed by atoms with Crippen LogP contribution >= 0.6 is 0 Å². The molecule has 0 unspecified atom stereocenters. The number of para-hydroxylation sites is 1. The van der Waals surface area contributed by atoms with Crippen LogP contribution in [0.3, 0.4) is 0 Å². The number of benzene rings is 1. The highest BCUT2D eigenvalue weighted by atomic mass is 16.2. The first-order chi connectivity index (χ1) is 11.4. The van der Waals surface area contributed by atoms with Crippen molar-refractivity contribution in [3.63, 3.8) is 0 Å². The van der Waals surface area contributed by atoms with E-state index in [9.17, 15) is 4.79 Å². The molecular weight excluding hydrogens is 300 g/mol. The monoisotopic (exact) mass is 332 g/mol. The van der Waals surface area contributed by atoms with Gasteiger partial charge in [-0.3, -0.25) is 15.2 Å². The quantitative estimate of drug-likeness (QED) is 0.585. The van der Waals surface area contributed by atoms with Crippen molar-refractivity contribution in [2.75, 3.05) is 18.0 Å². The number of anilines is 1. The van der Waals surface area contributed by atoms with Crippen molar-refractivity contribution >= 4 is 17.7 Å². The first-order valence-electron chi connectivity index (χ1n) is 8.91. The molecule has 0 saturated heterocycles. The molecule has 5 nitrogen and oxygen atoms in total. The molecule has 0 aliphatic heterocycles. The van der Waals surface area contributed by atoms with Gasteiger partial charge in [-0.2, -0.15) is 0 Å². The third-order valence-electron chi connectivity index (χ3n) is 3.98. The van der Waals surface area contributed by atoms with E-state index in [0.717, 1.165) is 36.1 Å². The van der Waals surface area contributed by atoms with Crippen molar-refractivity contribution in [1.29, 1.82) is 5.41 Å². The van der Waals surface area contributed by atoms with Gasteiger partial charge < -0.3 is 5.73 Å². The second-order valence-corrected chi connectivity index (χ2v) is 6.46. The van der Waals surface area contributed by atoms with Gasteiger partial charge in [-0.1, -0.05) is 52.8 Å². The fourth-order valence-corrected chi connectivity index (χ4v) is 2.88. The number of nitrogens with one attached hydrogen (secondary N) is 1. The minimum Gasteiger partial charge on any atom is -0.370 e. The van der Waals surface area contributed by atoms with E-state index in [1.807, 2.05) is 19.9 Å². The molecule has 1 aromatic rings. The minimum absolute atomic E-state index is 0.193. The molecule has 0 bridgehead atoms. The second-order valence-electron chi connectivity index (χ2n) is 6.46. The zero-order valence-corrected chi connectivity index (χ0v) is 15.7. The SMILES string of the molecule is CCCN(C(=O)N(CC(C)C)C(=N)N)c1c(CC)cccc1CC. The molecule has 24 heavy (non-hydrogen) atoms. The van der Waals surface area contributed by atoms with Gasteiger partial charge in [0.15, 0.2) is 5.96 Å². The molecule has 0 heterocycles. The predicted molar refractivity (Wildman–Crippen MR) is 102 cm³/mol. The Balaban J connectivity index is 3.37. The van der Waals surface area contributed by atoms with Crippen LogP contribution in [0, 0.1) is 11.3 Å². The Hall–Kier alpha value is -2.04. The first kappa shape index (κ1) is 20.0. The van der Waals surface area contributed by atoms with Gasteiger partial charge in [0.2, 0.25) is 0 Å². The van der Waals surface area contributed by atoms with Gasteiger partial charge in [0.05, 0.1) is 5.69 Å². The molecule has 5 heteroatoms. The summed E-state index contributed by atoms with van der Waals surface area (Å²) in [4.78, 5) is 16.4. The van der Waals surface area contributed by atoms with Gasteiger partial charge in [-0.25, -0.2) is 4.79 Å². The Morgan fingerprint density at radius 2 is 1.71 bits per heavy atom. The largest absolute Gasteiger partial charge is 0.370 e. The number of carbonyl (C=O) groups is 1. The highest BCUT2D eigenvalue weighted by molar-refractivity contribution is 6.03. The van der Waals surface area contributed by atoms with Gasteiger partial charge in [-0.15, -0.1) is 0 Å². The first-order valence-corrected chi connectivity index (χ1v) is 8.91. The van der Waals surface area contributed by atoms with E-state index in [1.54, 1.807) is 4.90 Å². The van der Waals surface area contributed by atoms with Crippen LogP contribution in [0.25, 0.3) is 0 Å². The summed E-state index contributed by atoms with van der Waals surface area (Å²) in [6.45, 7) is 11.4. The Morgan fingerprint density at radius 3 is 2.08 bits per heavy atom. The van der Waals surface area contributed by atoms with Gasteiger partial charge in [-0.05, 0) is 36.3 Å². The van der Waals surface area contributed by atoms with Crippen LogP contribution in [0.5, 0.6) is 0 Å². The summed E-state index contributed by atoms with van der Waals surface area (Å²) >= 11 is 0. The van der Waals surface area contributed by atoms with Crippen LogP contribution in [0.4, 0.5) is 10.5 Å². The maximum atomic E-state index is 13.2. The molecule has 2 amide bonds. The maximum Gasteiger partial charge on any atom is 0.331 e. The van der Waals surface area contributed by atoms with Crippen LogP contribution in [-0.2, 0) is 12.8 Å². The Bertz CT molecular complexity index is 546. The van der Waals surface area contributed by atoms with Crippen LogP contribution in [0.1, 0.15) is 52.2 Å². The number of carbonyl (C=O) groups excluding carboxylic acids is 1. The molecule has 0 atom stereocenters. The van der Waals surface area contributed by atoms with Gasteiger partial charge in [0, 0.05) is 13.1 Å². The van der Waals surface area contributed by atoms with Gasteiger partial charge >= 0.3 is 6.03 Å². The molecule has 3 N–H and O–H groups in total. The summed E-state index contributed by atoms with van der Waals surface area (Å²) in [5.74, 6) is 0.0511. The van der Waals surface area contributed by atoms with Crippen molar-refractivity contribution in [3.8, 4) is 0 Å². The topological polar surface area (TPSA) is 73.4 Å². The van der Waals surface area contributed by atoms with E-state index in [1.165, 1.54) is 4.90 Å². The number of guanidine groups is 1. The molecule has 1 rings (SSSR count). The number of amides is 2. The summed E-state index contributed by atoms with van der Waals surface area (Å²) in [7, 11) is 0. The average Bonchev–Trinajstić information content (AvgIpc) is 2.55. The number of hydrogen-bond acceptors (Lipinski definition) is 2. The predicted octanol–water partition coefficient (Wildman–Crippen LogP) is 4.00. The molecule has 0 saturated carbocycles. The third-order valence-corrected chi connectivity index (χ3v) is 3.98. The number of hydrogen-bond donors (Lipinski definition) is 2. The molecule has 0 spiro atoms. The minimum atomic E-state index is -0.200. The number of nitrogens with zero attached hydrogens (tertiary/aromatic N) is 2. The normalized spacial score (nSPS) is 10.8. The van der Waals surface area contributed by atoms with Crippen molar-refractivity contribution in [1.82, 2.24) is 4.90 Å². The summed E-state index contributed by atoms with van der Waals surface area (Å²) in [5.41, 5.74) is 9.00. The molecule has 0 aliphatic carbocycles. The molecule has 0 aliphatic rings. The zero-order chi connectivity index (χ0) is 18.3. The lowest BCUT2D eigenvalue weighted by atomic mass is 10.0. The Morgan fingerprint density at radius 1 is 1.17 bits per heavy atom. The average molecular weight is 332 g/mol. The Kier molecular flexibility index (Phi) is 7.75. The standard InChI is InChI=1S/C19H32N4O/c1-6-12-22(19(24)23(18(20)21)13-14(4)5)17-15(7-2)10-9-11-16(17)8-3/h9-11,14H,6-8,12-13H2,1-5H3,(H3,20,21). The summed E-state index contributed by atoms with van der Waals surface area (Å²) < 4.78 is 0. The number of rotatable bonds is 7. The summed E-state index contributed by atoms with van der Waals surface area (Å²) in [5, 5.41) is 7.82. The van der Waals surface area contributed by atoms with Crippen molar-refractivity contribution < 1.29 is 4.79 Å². The molecule has 1 aromatic carbocycles. The van der Waals surface area contributed by atoms with Crippen LogP contribution in [-0.4, -0.2) is 30.0 Å². The smallest absolute Gasteiger partial charge is 0.331 e. The zero-order valence-electron chi connectivity index (χ0n) is 15.7. The van der Waals surface area contributed by atoms with Crippen molar-refractivity contribution in [2.45, 2.75) is 53.9 Å². The van der Waals surface area contributed by atoms with E-state index >= 15 is 0 Å². The molecule has 134 valence electrons. The van der Waals surface area contributed by atoms with E-state index in [4.69, 9.17) is 11.1 Å². The second kappa shape index (κ2) is 9.30. The molecule has 0 radical (unpaired) electrons. The van der Waals surface area contributed by atoms with Crippen LogP contribution in [0.2, 0.25) is 0 Å². The van der Waals surface area contributed by atoms with E-state index < -0.39 is 0 Å². The highest BCUT2D eigenvalue weighted by Crippen LogP contribution is 2.28. The third kappa shape index (κ3) is 4.73. The van der Waals surface area contributed by atoms with Gasteiger partial charge in [0.25, 0.3) is 0 Å². The van der Waals surface area contributed by atoms with E-state index in [-0.39, 0.29) is 17.9 Å². The number of urea groups is 1. The molecular formula is C19H32N4O. The maximum absolute atomic E-state index is 13.2. The molecule has 0 aromatic heterocycles. The lowest BCUT2D eigenvalue weighted by Gasteiger charge is -2.33. The summed E-state index contributed by atoms with van der Waals surface area (Å²) in [6, 6.07) is 6.00. The van der Waals surface area contributed by atoms with Gasteiger partial charge in [0.1, 0.15) is 0 Å². The number of nitrogens with two attached hydrogens (primary N) is 1. The lowest BCUT2D eigenvalue weighted by molar-refractivity contribution is 0.222. The van der Waals surface area contributed by atoms with E-state index in [2.05, 4.69) is 32.9 Å². The fraction of sp³-hybridized carbons (Fsp3) is 0.579.